The van der Waals surface area contributed by atoms with Crippen molar-refractivity contribution in [1.29, 1.82) is 0 Å². The van der Waals surface area contributed by atoms with Crippen LogP contribution in [0, 0.1) is 11.8 Å². The number of hydrazone groups is 1. The summed E-state index contributed by atoms with van der Waals surface area (Å²) in [6, 6.07) is 5.95. The Bertz CT molecular complexity index is 853. The van der Waals surface area contributed by atoms with Crippen LogP contribution in [-0.4, -0.2) is 47.0 Å². The van der Waals surface area contributed by atoms with E-state index in [9.17, 15) is 9.59 Å². The molecular weight excluding hydrogens is 420 g/mol. The summed E-state index contributed by atoms with van der Waals surface area (Å²) in [5, 5.41) is 15.6. The van der Waals surface area contributed by atoms with Gasteiger partial charge in [0.15, 0.2) is 11.5 Å². The number of amides is 1. The van der Waals surface area contributed by atoms with Crippen molar-refractivity contribution in [3.8, 4) is 11.5 Å². The summed E-state index contributed by atoms with van der Waals surface area (Å²) in [4.78, 5) is 24.3. The lowest BCUT2D eigenvalue weighted by Gasteiger charge is -2.41. The molecule has 2 aliphatic rings. The highest BCUT2D eigenvalue weighted by Gasteiger charge is 2.42. The molecule has 3 rings (SSSR count). The lowest BCUT2D eigenvalue weighted by molar-refractivity contribution is -0.142. The number of carbonyl (C=O) groups is 2. The van der Waals surface area contributed by atoms with Crippen LogP contribution in [0.15, 0.2) is 23.3 Å². The summed E-state index contributed by atoms with van der Waals surface area (Å²) < 4.78 is 11.6. The first-order valence-electron chi connectivity index (χ1n) is 12.5. The van der Waals surface area contributed by atoms with E-state index in [1.807, 2.05) is 32.0 Å². The molecule has 1 aromatic rings. The minimum atomic E-state index is -0.775. The fourth-order valence-electron chi connectivity index (χ4n) is 5.06. The van der Waals surface area contributed by atoms with Crippen molar-refractivity contribution >= 4 is 17.6 Å². The smallest absolute Gasteiger partial charge is 0.303 e. The van der Waals surface area contributed by atoms with E-state index in [0.29, 0.717) is 25.4 Å². The molecule has 0 bridgehead atoms. The third-order valence-electron chi connectivity index (χ3n) is 6.71. The molecule has 1 N–H and O–H groups in total. The van der Waals surface area contributed by atoms with Gasteiger partial charge in [-0.25, -0.2) is 5.01 Å². The van der Waals surface area contributed by atoms with Crippen molar-refractivity contribution in [2.75, 3.05) is 13.2 Å². The molecule has 1 amide bonds. The number of benzene rings is 1. The maximum Gasteiger partial charge on any atom is 0.303 e. The number of carboxylic acid groups (broad SMARTS) is 1. The molecule has 3 atom stereocenters. The van der Waals surface area contributed by atoms with E-state index in [2.05, 4.69) is 6.92 Å². The van der Waals surface area contributed by atoms with Crippen LogP contribution >= 0.6 is 0 Å². The van der Waals surface area contributed by atoms with E-state index in [4.69, 9.17) is 19.7 Å². The van der Waals surface area contributed by atoms with E-state index >= 15 is 0 Å². The zero-order valence-corrected chi connectivity index (χ0v) is 20.2. The van der Waals surface area contributed by atoms with Gasteiger partial charge in [0.05, 0.1) is 25.0 Å². The lowest BCUT2D eigenvalue weighted by atomic mass is 9.73. The first-order valence-corrected chi connectivity index (χ1v) is 12.5. The molecule has 7 nitrogen and oxygen atoms in total. The summed E-state index contributed by atoms with van der Waals surface area (Å²) in [5.74, 6) is 0.863. The highest BCUT2D eigenvalue weighted by molar-refractivity contribution is 6.07. The number of carboxylic acids is 1. The second-order valence-electron chi connectivity index (χ2n) is 8.89. The first kappa shape index (κ1) is 25.1. The summed E-state index contributed by atoms with van der Waals surface area (Å²) in [6.07, 6.45) is 7.14. The molecule has 1 saturated carbocycles. The van der Waals surface area contributed by atoms with Gasteiger partial charge in [-0.05, 0) is 64.2 Å². The van der Waals surface area contributed by atoms with Gasteiger partial charge in [-0.1, -0.05) is 26.2 Å². The Labute approximate surface area is 197 Å². The van der Waals surface area contributed by atoms with E-state index in [1.54, 1.807) is 5.01 Å². The van der Waals surface area contributed by atoms with Gasteiger partial charge in [0.25, 0.3) is 0 Å². The Morgan fingerprint density at radius 3 is 2.45 bits per heavy atom. The van der Waals surface area contributed by atoms with Gasteiger partial charge in [0.2, 0.25) is 5.91 Å². The van der Waals surface area contributed by atoms with Crippen LogP contribution in [0.2, 0.25) is 0 Å². The molecule has 33 heavy (non-hydrogen) atoms. The third kappa shape index (κ3) is 6.06. The second kappa shape index (κ2) is 12.1. The van der Waals surface area contributed by atoms with Crippen molar-refractivity contribution in [3.63, 3.8) is 0 Å². The van der Waals surface area contributed by atoms with Gasteiger partial charge in [0, 0.05) is 23.8 Å². The van der Waals surface area contributed by atoms with Crippen molar-refractivity contribution in [1.82, 2.24) is 5.01 Å². The van der Waals surface area contributed by atoms with Crippen molar-refractivity contribution in [2.24, 2.45) is 16.9 Å². The molecule has 1 heterocycles. The molecule has 1 aliphatic heterocycles. The number of rotatable bonds is 12. The third-order valence-corrected chi connectivity index (χ3v) is 6.71. The lowest BCUT2D eigenvalue weighted by Crippen LogP contribution is -2.49. The summed E-state index contributed by atoms with van der Waals surface area (Å²) in [7, 11) is 0. The van der Waals surface area contributed by atoms with Gasteiger partial charge in [-0.15, -0.1) is 0 Å². The highest BCUT2D eigenvalue weighted by atomic mass is 16.5. The fourth-order valence-corrected chi connectivity index (χ4v) is 5.06. The van der Waals surface area contributed by atoms with Crippen LogP contribution in [-0.2, 0) is 9.59 Å². The Morgan fingerprint density at radius 1 is 1.09 bits per heavy atom. The van der Waals surface area contributed by atoms with E-state index in [1.165, 1.54) is 0 Å². The van der Waals surface area contributed by atoms with Gasteiger partial charge < -0.3 is 14.6 Å². The molecule has 0 spiro atoms. The minimum absolute atomic E-state index is 0.0155. The quantitative estimate of drug-likeness (QED) is 0.432. The van der Waals surface area contributed by atoms with Gasteiger partial charge in [-0.2, -0.15) is 5.10 Å². The minimum Gasteiger partial charge on any atom is -0.490 e. The molecule has 7 heteroatoms. The van der Waals surface area contributed by atoms with E-state index in [-0.39, 0.29) is 30.2 Å². The molecule has 1 fully saturated rings. The fraction of sp³-hybridized carbons (Fsp3) is 0.654. The maximum absolute atomic E-state index is 13.5. The number of nitrogens with zero attached hydrogens (tertiary/aromatic N) is 2. The van der Waals surface area contributed by atoms with Gasteiger partial charge >= 0.3 is 5.97 Å². The van der Waals surface area contributed by atoms with E-state index < -0.39 is 5.97 Å². The van der Waals surface area contributed by atoms with Crippen LogP contribution in [0.4, 0.5) is 0 Å². The van der Waals surface area contributed by atoms with Crippen molar-refractivity contribution in [2.45, 2.75) is 84.6 Å². The number of carbonyl (C=O) groups excluding carboxylic acids is 1. The molecule has 1 aromatic carbocycles. The van der Waals surface area contributed by atoms with Gasteiger partial charge in [0.1, 0.15) is 0 Å². The van der Waals surface area contributed by atoms with Crippen molar-refractivity contribution in [3.05, 3.63) is 23.8 Å². The van der Waals surface area contributed by atoms with E-state index in [0.717, 1.165) is 62.0 Å². The molecular formula is C26H38N2O5. The normalized spacial score (nSPS) is 21.2. The Kier molecular flexibility index (Phi) is 9.15. The predicted molar refractivity (Wildman–Crippen MR) is 128 cm³/mol. The molecule has 0 aromatic heterocycles. The Morgan fingerprint density at radius 2 is 1.79 bits per heavy atom. The van der Waals surface area contributed by atoms with Crippen LogP contribution in [0.5, 0.6) is 11.5 Å². The van der Waals surface area contributed by atoms with Crippen LogP contribution < -0.4 is 9.47 Å². The number of aliphatic carboxylic acids is 1. The topological polar surface area (TPSA) is 88.4 Å². The highest BCUT2D eigenvalue weighted by Crippen LogP contribution is 2.40. The average molecular weight is 459 g/mol. The number of hydrogen-bond acceptors (Lipinski definition) is 5. The SMILES string of the molecule is CCOc1ccc(C2=NN(C(CC)CCCCC(=O)O)C(=O)[C@@H]3CCCC[C@H]23)cc1OCC. The van der Waals surface area contributed by atoms with Crippen LogP contribution in [0.1, 0.15) is 84.1 Å². The zero-order chi connectivity index (χ0) is 23.8. The first-order chi connectivity index (χ1) is 16.0. The maximum atomic E-state index is 13.5. The number of hydrogen-bond donors (Lipinski definition) is 1. The van der Waals surface area contributed by atoms with Crippen molar-refractivity contribution < 1.29 is 24.2 Å². The zero-order valence-electron chi connectivity index (χ0n) is 20.2. The number of fused-ring (bicyclic) bond motifs is 1. The molecule has 1 aliphatic carbocycles. The Hall–Kier alpha value is -2.57. The van der Waals surface area contributed by atoms with Crippen LogP contribution in [0.25, 0.3) is 0 Å². The predicted octanol–water partition coefficient (Wildman–Crippen LogP) is 5.26. The number of unbranched alkanes of at least 4 members (excludes halogenated alkanes) is 1. The summed E-state index contributed by atoms with van der Waals surface area (Å²) in [5.41, 5.74) is 1.95. The molecule has 182 valence electrons. The Balaban J connectivity index is 1.92. The monoisotopic (exact) mass is 458 g/mol. The largest absolute Gasteiger partial charge is 0.490 e. The number of ether oxygens (including phenoxy) is 2. The standard InChI is InChI=1S/C26H38N2O5/c1-4-19(11-7-10-14-24(29)30)28-26(31)21-13-9-8-12-20(21)25(27-28)18-15-16-22(32-5-2)23(17-18)33-6-3/h15-17,19-21H,4-14H2,1-3H3,(H,29,30)/t19?,20-,21+/m0/s1. The summed E-state index contributed by atoms with van der Waals surface area (Å²) in [6.45, 7) is 7.08. The molecule has 0 saturated heterocycles. The summed E-state index contributed by atoms with van der Waals surface area (Å²) >= 11 is 0. The van der Waals surface area contributed by atoms with Crippen LogP contribution in [0.3, 0.4) is 0 Å². The average Bonchev–Trinajstić information content (AvgIpc) is 2.81. The second-order valence-corrected chi connectivity index (χ2v) is 8.89. The molecule has 1 unspecified atom stereocenters. The molecule has 0 radical (unpaired) electrons. The van der Waals surface area contributed by atoms with Gasteiger partial charge in [-0.3, -0.25) is 9.59 Å².